The van der Waals surface area contributed by atoms with Crippen LogP contribution in [0, 0.1) is 0 Å². The van der Waals surface area contributed by atoms with Crippen molar-refractivity contribution in [1.29, 1.82) is 0 Å². The predicted octanol–water partition coefficient (Wildman–Crippen LogP) is 1.61. The molecule has 7 heteroatoms. The van der Waals surface area contributed by atoms with E-state index in [0.717, 1.165) is 5.56 Å². The lowest BCUT2D eigenvalue weighted by Crippen LogP contribution is -1.96. The lowest BCUT2D eigenvalue weighted by molar-refractivity contribution is 0.602. The standard InChI is InChI=1S/C13H12N4O2S/c1-20(18,19)9-3-4-10-11(6-9)17-13(16-10)8-2-5-12(14)15-7-8/h2-7H,1H3,(H2,14,15)(H,16,17). The quantitative estimate of drug-likeness (QED) is 0.746. The first-order chi connectivity index (χ1) is 9.43. The third-order valence-corrected chi connectivity index (χ3v) is 4.05. The Bertz CT molecular complexity index is 882. The van der Waals surface area contributed by atoms with Crippen LogP contribution in [-0.2, 0) is 9.84 Å². The number of H-pyrrole nitrogens is 1. The summed E-state index contributed by atoms with van der Waals surface area (Å²) in [6.07, 6.45) is 2.79. The minimum atomic E-state index is -3.23. The fourth-order valence-corrected chi connectivity index (χ4v) is 2.55. The zero-order valence-electron chi connectivity index (χ0n) is 10.7. The molecule has 3 rings (SSSR count). The molecule has 102 valence electrons. The van der Waals surface area contributed by atoms with Gasteiger partial charge < -0.3 is 10.7 Å². The number of aromatic amines is 1. The van der Waals surface area contributed by atoms with Gasteiger partial charge in [0.2, 0.25) is 0 Å². The summed E-state index contributed by atoms with van der Waals surface area (Å²) in [5, 5.41) is 0. The molecule has 0 aliphatic heterocycles. The Morgan fingerprint density at radius 2 is 2.00 bits per heavy atom. The molecule has 0 saturated carbocycles. The highest BCUT2D eigenvalue weighted by Gasteiger charge is 2.11. The van der Waals surface area contributed by atoms with Gasteiger partial charge in [-0.3, -0.25) is 0 Å². The van der Waals surface area contributed by atoms with Crippen LogP contribution in [0.1, 0.15) is 0 Å². The number of rotatable bonds is 2. The number of anilines is 1. The number of fused-ring (bicyclic) bond motifs is 1. The molecule has 0 saturated heterocycles. The summed E-state index contributed by atoms with van der Waals surface area (Å²) < 4.78 is 23.1. The van der Waals surface area contributed by atoms with Crippen LogP contribution < -0.4 is 5.73 Å². The average molecular weight is 288 g/mol. The molecule has 0 aliphatic carbocycles. The smallest absolute Gasteiger partial charge is 0.175 e. The Morgan fingerprint density at radius 1 is 1.20 bits per heavy atom. The van der Waals surface area contributed by atoms with E-state index in [1.807, 2.05) is 0 Å². The van der Waals surface area contributed by atoms with E-state index in [0.29, 0.717) is 22.7 Å². The summed E-state index contributed by atoms with van der Waals surface area (Å²) >= 11 is 0. The molecule has 0 aliphatic rings. The summed E-state index contributed by atoms with van der Waals surface area (Å²) in [5.74, 6) is 1.06. The molecule has 0 amide bonds. The van der Waals surface area contributed by atoms with E-state index in [2.05, 4.69) is 15.0 Å². The number of nitrogens with two attached hydrogens (primary N) is 1. The van der Waals surface area contributed by atoms with Gasteiger partial charge in [-0.1, -0.05) is 0 Å². The molecule has 0 radical (unpaired) electrons. The van der Waals surface area contributed by atoms with E-state index in [1.54, 1.807) is 36.5 Å². The molecule has 1 aromatic carbocycles. The predicted molar refractivity (Wildman–Crippen MR) is 76.8 cm³/mol. The van der Waals surface area contributed by atoms with Crippen molar-refractivity contribution in [2.45, 2.75) is 4.90 Å². The molecule has 0 bridgehead atoms. The van der Waals surface area contributed by atoms with Crippen molar-refractivity contribution in [1.82, 2.24) is 15.0 Å². The third-order valence-electron chi connectivity index (χ3n) is 2.94. The zero-order valence-corrected chi connectivity index (χ0v) is 11.5. The number of pyridine rings is 1. The second kappa shape index (κ2) is 4.31. The molecule has 0 atom stereocenters. The minimum Gasteiger partial charge on any atom is -0.384 e. The van der Waals surface area contributed by atoms with E-state index >= 15 is 0 Å². The Kier molecular flexibility index (Phi) is 2.72. The summed E-state index contributed by atoms with van der Waals surface area (Å²) in [7, 11) is -3.23. The summed E-state index contributed by atoms with van der Waals surface area (Å²) in [4.78, 5) is 11.8. The third kappa shape index (κ3) is 2.23. The van der Waals surface area contributed by atoms with Crippen molar-refractivity contribution in [2.24, 2.45) is 0 Å². The molecule has 20 heavy (non-hydrogen) atoms. The molecule has 2 aromatic heterocycles. The topological polar surface area (TPSA) is 102 Å². The number of benzene rings is 1. The van der Waals surface area contributed by atoms with Crippen molar-refractivity contribution >= 4 is 26.7 Å². The molecule has 3 N–H and O–H groups in total. The molecule has 0 spiro atoms. The van der Waals surface area contributed by atoms with Crippen LogP contribution in [0.15, 0.2) is 41.4 Å². The maximum absolute atomic E-state index is 11.5. The number of hydrogen-bond acceptors (Lipinski definition) is 5. The van der Waals surface area contributed by atoms with Gasteiger partial charge in [0.1, 0.15) is 11.6 Å². The molecule has 2 heterocycles. The van der Waals surface area contributed by atoms with Gasteiger partial charge in [-0.05, 0) is 30.3 Å². The first kappa shape index (κ1) is 12.6. The van der Waals surface area contributed by atoms with Gasteiger partial charge in [0, 0.05) is 18.0 Å². The molecule has 0 unspecified atom stereocenters. The van der Waals surface area contributed by atoms with Crippen LogP contribution in [0.2, 0.25) is 0 Å². The van der Waals surface area contributed by atoms with Gasteiger partial charge >= 0.3 is 0 Å². The maximum atomic E-state index is 11.5. The first-order valence-electron chi connectivity index (χ1n) is 5.85. The molecule has 3 aromatic rings. The molecular formula is C13H12N4O2S. The van der Waals surface area contributed by atoms with Crippen molar-refractivity contribution in [3.63, 3.8) is 0 Å². The van der Waals surface area contributed by atoms with Crippen LogP contribution in [0.25, 0.3) is 22.4 Å². The number of imidazole rings is 1. The number of hydrogen-bond donors (Lipinski definition) is 2. The summed E-state index contributed by atoms with van der Waals surface area (Å²) in [6.45, 7) is 0. The monoisotopic (exact) mass is 288 g/mol. The largest absolute Gasteiger partial charge is 0.384 e. The highest BCUT2D eigenvalue weighted by Crippen LogP contribution is 2.22. The Hall–Kier alpha value is -2.41. The molecular weight excluding hydrogens is 276 g/mol. The molecule has 6 nitrogen and oxygen atoms in total. The van der Waals surface area contributed by atoms with E-state index in [1.165, 1.54) is 6.26 Å². The van der Waals surface area contributed by atoms with Crippen LogP contribution in [0.3, 0.4) is 0 Å². The fraction of sp³-hybridized carbons (Fsp3) is 0.0769. The van der Waals surface area contributed by atoms with E-state index in [9.17, 15) is 8.42 Å². The number of sulfone groups is 1. The normalized spacial score (nSPS) is 11.8. The maximum Gasteiger partial charge on any atom is 0.175 e. The Labute approximate surface area is 115 Å². The van der Waals surface area contributed by atoms with Gasteiger partial charge in [-0.2, -0.15) is 0 Å². The van der Waals surface area contributed by atoms with Gasteiger partial charge in [0.25, 0.3) is 0 Å². The number of nitrogens with zero attached hydrogens (tertiary/aromatic N) is 2. The number of nitrogens with one attached hydrogen (secondary N) is 1. The Balaban J connectivity index is 2.13. The number of aromatic nitrogens is 3. The molecule has 0 fully saturated rings. The second-order valence-corrected chi connectivity index (χ2v) is 6.52. The fourth-order valence-electron chi connectivity index (χ4n) is 1.90. The first-order valence-corrected chi connectivity index (χ1v) is 7.74. The lowest BCUT2D eigenvalue weighted by Gasteiger charge is -1.96. The van der Waals surface area contributed by atoms with E-state index < -0.39 is 9.84 Å². The highest BCUT2D eigenvalue weighted by atomic mass is 32.2. The van der Waals surface area contributed by atoms with E-state index in [4.69, 9.17) is 5.73 Å². The van der Waals surface area contributed by atoms with Crippen molar-refractivity contribution in [3.8, 4) is 11.4 Å². The van der Waals surface area contributed by atoms with Gasteiger partial charge in [0.15, 0.2) is 9.84 Å². The zero-order chi connectivity index (χ0) is 14.3. The van der Waals surface area contributed by atoms with Gasteiger partial charge in [-0.25, -0.2) is 18.4 Å². The number of nitrogen functional groups attached to an aromatic ring is 1. The van der Waals surface area contributed by atoms with Crippen LogP contribution in [-0.4, -0.2) is 29.6 Å². The average Bonchev–Trinajstić information content (AvgIpc) is 2.81. The Morgan fingerprint density at radius 3 is 2.65 bits per heavy atom. The summed E-state index contributed by atoms with van der Waals surface area (Å²) in [6, 6.07) is 8.29. The second-order valence-electron chi connectivity index (χ2n) is 4.51. The highest BCUT2D eigenvalue weighted by molar-refractivity contribution is 7.90. The van der Waals surface area contributed by atoms with Crippen LogP contribution in [0.5, 0.6) is 0 Å². The van der Waals surface area contributed by atoms with Gasteiger partial charge in [-0.15, -0.1) is 0 Å². The van der Waals surface area contributed by atoms with Crippen LogP contribution in [0.4, 0.5) is 5.82 Å². The lowest BCUT2D eigenvalue weighted by atomic mass is 10.3. The minimum absolute atomic E-state index is 0.260. The van der Waals surface area contributed by atoms with Crippen LogP contribution >= 0.6 is 0 Å². The van der Waals surface area contributed by atoms with Crippen molar-refractivity contribution in [3.05, 3.63) is 36.5 Å². The summed E-state index contributed by atoms with van der Waals surface area (Å²) in [5.41, 5.74) is 7.69. The van der Waals surface area contributed by atoms with Crippen molar-refractivity contribution < 1.29 is 8.42 Å². The van der Waals surface area contributed by atoms with Gasteiger partial charge in [0.05, 0.1) is 15.9 Å². The van der Waals surface area contributed by atoms with Crippen molar-refractivity contribution in [2.75, 3.05) is 12.0 Å². The van der Waals surface area contributed by atoms with E-state index in [-0.39, 0.29) is 4.90 Å². The SMILES string of the molecule is CS(=O)(=O)c1ccc2nc(-c3ccc(N)nc3)[nH]c2c1.